The number of rotatable bonds is 9. The van der Waals surface area contributed by atoms with Crippen molar-refractivity contribution in [1.82, 2.24) is 0 Å². The number of ether oxygens (including phenoxy) is 2. The molecule has 0 fully saturated rings. The Morgan fingerprint density at radius 2 is 1.88 bits per heavy atom. The molecule has 6 heteroatoms. The summed E-state index contributed by atoms with van der Waals surface area (Å²) >= 11 is 0. The molecule has 2 aromatic carbocycles. The van der Waals surface area contributed by atoms with Crippen molar-refractivity contribution in [3.63, 3.8) is 0 Å². The van der Waals surface area contributed by atoms with Crippen LogP contribution in [-0.4, -0.2) is 36.1 Å². The van der Waals surface area contributed by atoms with Gasteiger partial charge >= 0.3 is 6.09 Å². The van der Waals surface area contributed by atoms with E-state index < -0.39 is 12.2 Å². The molecule has 0 aliphatic heterocycles. The second-order valence-electron chi connectivity index (χ2n) is 5.90. The van der Waals surface area contributed by atoms with Gasteiger partial charge in [0.1, 0.15) is 18.5 Å². The third-order valence-electron chi connectivity index (χ3n) is 3.76. The Balaban J connectivity index is 2.06. The van der Waals surface area contributed by atoms with Gasteiger partial charge in [0.25, 0.3) is 0 Å². The Morgan fingerprint density at radius 3 is 2.58 bits per heavy atom. The van der Waals surface area contributed by atoms with Gasteiger partial charge in [0.05, 0.1) is 6.61 Å². The third kappa shape index (κ3) is 6.38. The highest BCUT2D eigenvalue weighted by Gasteiger charge is 2.17. The van der Waals surface area contributed by atoms with Crippen molar-refractivity contribution in [2.24, 2.45) is 0 Å². The summed E-state index contributed by atoms with van der Waals surface area (Å²) in [4.78, 5) is 12.2. The monoisotopic (exact) mass is 359 g/mol. The third-order valence-corrected chi connectivity index (χ3v) is 3.76. The van der Waals surface area contributed by atoms with Gasteiger partial charge in [0, 0.05) is 12.3 Å². The zero-order valence-corrected chi connectivity index (χ0v) is 14.9. The van der Waals surface area contributed by atoms with Crippen molar-refractivity contribution < 1.29 is 24.5 Å². The highest BCUT2D eigenvalue weighted by atomic mass is 16.6. The van der Waals surface area contributed by atoms with E-state index in [0.717, 1.165) is 11.1 Å². The SMILES string of the molecule is Cc1ccc(NC(=O)O[C@H](CCCO)c2cccc(OCCO)c2)cc1. The van der Waals surface area contributed by atoms with Gasteiger partial charge in [-0.2, -0.15) is 0 Å². The van der Waals surface area contributed by atoms with E-state index in [1.165, 1.54) is 0 Å². The fraction of sp³-hybridized carbons (Fsp3) is 0.350. The lowest BCUT2D eigenvalue weighted by Gasteiger charge is -2.19. The maximum Gasteiger partial charge on any atom is 0.412 e. The molecule has 0 aromatic heterocycles. The Labute approximate surface area is 153 Å². The summed E-state index contributed by atoms with van der Waals surface area (Å²) in [7, 11) is 0. The predicted molar refractivity (Wildman–Crippen MR) is 99.4 cm³/mol. The lowest BCUT2D eigenvalue weighted by Crippen LogP contribution is -2.18. The normalized spacial score (nSPS) is 11.7. The summed E-state index contributed by atoms with van der Waals surface area (Å²) in [6, 6.07) is 14.6. The van der Waals surface area contributed by atoms with Gasteiger partial charge in [-0.3, -0.25) is 5.32 Å². The summed E-state index contributed by atoms with van der Waals surface area (Å²) in [5.74, 6) is 0.591. The molecule has 0 bridgehead atoms. The van der Waals surface area contributed by atoms with Gasteiger partial charge in [0.15, 0.2) is 0 Å². The van der Waals surface area contributed by atoms with Crippen LogP contribution >= 0.6 is 0 Å². The molecule has 140 valence electrons. The molecule has 1 amide bonds. The number of hydrogen-bond donors (Lipinski definition) is 3. The summed E-state index contributed by atoms with van der Waals surface area (Å²) in [6.07, 6.45) is -0.0744. The first kappa shape index (κ1) is 19.8. The minimum Gasteiger partial charge on any atom is -0.491 e. The maximum atomic E-state index is 12.2. The average molecular weight is 359 g/mol. The summed E-state index contributed by atoms with van der Waals surface area (Å²) in [5.41, 5.74) is 2.53. The van der Waals surface area contributed by atoms with Gasteiger partial charge in [0.2, 0.25) is 0 Å². The zero-order valence-electron chi connectivity index (χ0n) is 14.9. The number of aliphatic hydroxyl groups excluding tert-OH is 2. The van der Waals surface area contributed by atoms with E-state index in [1.807, 2.05) is 37.3 Å². The van der Waals surface area contributed by atoms with Crippen molar-refractivity contribution in [2.45, 2.75) is 25.9 Å². The Morgan fingerprint density at radius 1 is 1.12 bits per heavy atom. The second-order valence-corrected chi connectivity index (χ2v) is 5.90. The Bertz CT molecular complexity index is 687. The molecular weight excluding hydrogens is 334 g/mol. The molecule has 6 nitrogen and oxygen atoms in total. The largest absolute Gasteiger partial charge is 0.491 e. The van der Waals surface area contributed by atoms with Gasteiger partial charge in [-0.1, -0.05) is 29.8 Å². The number of amides is 1. The quantitative estimate of drug-likeness (QED) is 0.638. The molecular formula is C20H25NO5. The number of aliphatic hydroxyl groups is 2. The first-order valence-corrected chi connectivity index (χ1v) is 8.61. The van der Waals surface area contributed by atoms with Crippen molar-refractivity contribution >= 4 is 11.8 Å². The van der Waals surface area contributed by atoms with E-state index in [-0.39, 0.29) is 19.8 Å². The number of hydrogen-bond acceptors (Lipinski definition) is 5. The van der Waals surface area contributed by atoms with Crippen LogP contribution in [0.25, 0.3) is 0 Å². The lowest BCUT2D eigenvalue weighted by atomic mass is 10.0. The van der Waals surface area contributed by atoms with Crippen LogP contribution in [0, 0.1) is 6.92 Å². The number of aryl methyl sites for hydroxylation is 1. The van der Waals surface area contributed by atoms with Crippen LogP contribution in [0.1, 0.15) is 30.1 Å². The topological polar surface area (TPSA) is 88.0 Å². The van der Waals surface area contributed by atoms with Crippen LogP contribution in [0.3, 0.4) is 0 Å². The molecule has 0 spiro atoms. The van der Waals surface area contributed by atoms with Crippen molar-refractivity contribution in [3.05, 3.63) is 59.7 Å². The van der Waals surface area contributed by atoms with Crippen molar-refractivity contribution in [1.29, 1.82) is 0 Å². The maximum absolute atomic E-state index is 12.2. The molecule has 0 aliphatic rings. The molecule has 0 unspecified atom stereocenters. The predicted octanol–water partition coefficient (Wildman–Crippen LogP) is 3.43. The molecule has 0 heterocycles. The number of nitrogens with one attached hydrogen (secondary N) is 1. The molecule has 0 radical (unpaired) electrons. The smallest absolute Gasteiger partial charge is 0.412 e. The fourth-order valence-electron chi connectivity index (χ4n) is 2.45. The van der Waals surface area contributed by atoms with E-state index >= 15 is 0 Å². The lowest BCUT2D eigenvalue weighted by molar-refractivity contribution is 0.0992. The number of carbonyl (C=O) groups excluding carboxylic acids is 1. The minimum atomic E-state index is -0.557. The summed E-state index contributed by atoms with van der Waals surface area (Å²) in [5, 5.41) is 20.7. The molecule has 1 atom stereocenters. The van der Waals surface area contributed by atoms with E-state index in [4.69, 9.17) is 19.7 Å². The van der Waals surface area contributed by atoms with Crippen LogP contribution in [0.5, 0.6) is 5.75 Å². The standard InChI is InChI=1S/C20H25NO5/c1-15-7-9-17(10-8-15)21-20(24)26-19(6-3-11-22)16-4-2-5-18(14-16)25-13-12-23/h2,4-5,7-10,14,19,22-23H,3,6,11-13H2,1H3,(H,21,24)/t19-/m1/s1. The van der Waals surface area contributed by atoms with Crippen LogP contribution in [0.15, 0.2) is 48.5 Å². The van der Waals surface area contributed by atoms with E-state index in [9.17, 15) is 4.79 Å². The van der Waals surface area contributed by atoms with Gasteiger partial charge in [-0.25, -0.2) is 4.79 Å². The van der Waals surface area contributed by atoms with E-state index in [2.05, 4.69) is 5.32 Å². The number of anilines is 1. The molecule has 0 aliphatic carbocycles. The van der Waals surface area contributed by atoms with Crippen molar-refractivity contribution in [3.8, 4) is 5.75 Å². The molecule has 2 aromatic rings. The zero-order chi connectivity index (χ0) is 18.8. The average Bonchev–Trinajstić information content (AvgIpc) is 2.65. The van der Waals surface area contributed by atoms with Crippen LogP contribution in [0.4, 0.5) is 10.5 Å². The molecule has 0 saturated heterocycles. The van der Waals surface area contributed by atoms with Gasteiger partial charge in [-0.05, 0) is 49.6 Å². The first-order chi connectivity index (χ1) is 12.6. The van der Waals surface area contributed by atoms with Gasteiger partial charge in [-0.15, -0.1) is 0 Å². The van der Waals surface area contributed by atoms with Gasteiger partial charge < -0.3 is 19.7 Å². The highest BCUT2D eigenvalue weighted by molar-refractivity contribution is 5.84. The minimum absolute atomic E-state index is 0.0140. The molecule has 3 N–H and O–H groups in total. The van der Waals surface area contributed by atoms with Crippen LogP contribution in [-0.2, 0) is 4.74 Å². The summed E-state index contributed by atoms with van der Waals surface area (Å²) in [6.45, 7) is 2.10. The number of benzene rings is 2. The van der Waals surface area contributed by atoms with Crippen LogP contribution in [0.2, 0.25) is 0 Å². The van der Waals surface area contributed by atoms with E-state index in [1.54, 1.807) is 18.2 Å². The Kier molecular flexibility index (Phi) is 7.92. The van der Waals surface area contributed by atoms with E-state index in [0.29, 0.717) is 24.3 Å². The molecule has 2 rings (SSSR count). The Hall–Kier alpha value is -2.57. The molecule has 26 heavy (non-hydrogen) atoms. The fourth-order valence-corrected chi connectivity index (χ4v) is 2.45. The first-order valence-electron chi connectivity index (χ1n) is 8.61. The molecule has 0 saturated carbocycles. The van der Waals surface area contributed by atoms with Crippen LogP contribution < -0.4 is 10.1 Å². The van der Waals surface area contributed by atoms with Crippen molar-refractivity contribution in [2.75, 3.05) is 25.1 Å². The highest BCUT2D eigenvalue weighted by Crippen LogP contribution is 2.27. The number of carbonyl (C=O) groups is 1. The summed E-state index contributed by atoms with van der Waals surface area (Å²) < 4.78 is 11.0. The second kappa shape index (κ2) is 10.4.